The van der Waals surface area contributed by atoms with Crippen molar-refractivity contribution in [3.63, 3.8) is 0 Å². The molecule has 5 rings (SSSR count). The third kappa shape index (κ3) is 2.75. The van der Waals surface area contributed by atoms with Crippen molar-refractivity contribution in [1.29, 1.82) is 0 Å². The number of halogens is 1. The zero-order chi connectivity index (χ0) is 19.6. The van der Waals surface area contributed by atoms with Crippen molar-refractivity contribution in [2.75, 3.05) is 0 Å². The molecule has 2 saturated carbocycles. The first-order valence-corrected chi connectivity index (χ1v) is 11.4. The van der Waals surface area contributed by atoms with Crippen LogP contribution in [0.2, 0.25) is 0 Å². The summed E-state index contributed by atoms with van der Waals surface area (Å²) in [6.07, 6.45) is 2.96. The highest BCUT2D eigenvalue weighted by Crippen LogP contribution is 2.54. The largest absolute Gasteiger partial charge is 0.367 e. The maximum absolute atomic E-state index is 6.91. The monoisotopic (exact) mass is 436 g/mol. The molecule has 2 bridgehead atoms. The number of benzene rings is 3. The lowest BCUT2D eigenvalue weighted by molar-refractivity contribution is -0.109. The lowest BCUT2D eigenvalue weighted by Gasteiger charge is -2.38. The summed E-state index contributed by atoms with van der Waals surface area (Å²) in [6.45, 7) is 9.37. The summed E-state index contributed by atoms with van der Waals surface area (Å²) in [5, 5.41) is 5.20. The van der Waals surface area contributed by atoms with Crippen LogP contribution in [0.3, 0.4) is 0 Å². The summed E-state index contributed by atoms with van der Waals surface area (Å²) in [7, 11) is 0. The molecular formula is C26H29BrO. The number of fused-ring (bicyclic) bond motifs is 5. The molecular weight excluding hydrogens is 408 g/mol. The van der Waals surface area contributed by atoms with Crippen LogP contribution in [0.4, 0.5) is 0 Å². The second kappa shape index (κ2) is 6.57. The molecule has 0 aliphatic heterocycles. The maximum Gasteiger partial charge on any atom is 0.0896 e. The fraction of sp³-hybridized carbons (Fsp3) is 0.462. The van der Waals surface area contributed by atoms with Gasteiger partial charge in [0.2, 0.25) is 0 Å². The summed E-state index contributed by atoms with van der Waals surface area (Å²) in [6, 6.07) is 17.6. The minimum atomic E-state index is -0.334. The number of hydrogen-bond acceptors (Lipinski definition) is 1. The molecule has 2 aliphatic carbocycles. The average Bonchev–Trinajstić information content (AvgIpc) is 3.19. The number of hydrogen-bond donors (Lipinski definition) is 0. The fourth-order valence-corrected chi connectivity index (χ4v) is 6.94. The normalized spacial score (nSPS) is 29.8. The third-order valence-corrected chi connectivity index (χ3v) is 8.42. The highest BCUT2D eigenvalue weighted by Gasteiger charge is 2.50. The van der Waals surface area contributed by atoms with Crippen LogP contribution >= 0.6 is 15.9 Å². The quantitative estimate of drug-likeness (QED) is 0.382. The molecule has 2 heteroatoms. The Balaban J connectivity index is 1.58. The minimum absolute atomic E-state index is 0.334. The van der Waals surface area contributed by atoms with E-state index in [1.165, 1.54) is 39.9 Å². The highest BCUT2D eigenvalue weighted by molar-refractivity contribution is 9.10. The van der Waals surface area contributed by atoms with Crippen molar-refractivity contribution < 1.29 is 4.74 Å². The van der Waals surface area contributed by atoms with Gasteiger partial charge in [-0.3, -0.25) is 0 Å². The fourth-order valence-electron chi connectivity index (χ4n) is 6.12. The second-order valence-electron chi connectivity index (χ2n) is 9.58. The first kappa shape index (κ1) is 18.6. The van der Waals surface area contributed by atoms with Crippen LogP contribution in [-0.4, -0.2) is 6.10 Å². The summed E-state index contributed by atoms with van der Waals surface area (Å²) in [4.78, 5) is 0. The van der Waals surface area contributed by atoms with E-state index in [-0.39, 0.29) is 5.60 Å². The van der Waals surface area contributed by atoms with Crippen molar-refractivity contribution >= 4 is 37.5 Å². The van der Waals surface area contributed by atoms with Gasteiger partial charge in [0, 0.05) is 10.0 Å². The van der Waals surface area contributed by atoms with Gasteiger partial charge in [-0.25, -0.2) is 0 Å². The second-order valence-corrected chi connectivity index (χ2v) is 10.4. The van der Waals surface area contributed by atoms with Crippen LogP contribution in [-0.2, 0) is 10.3 Å². The molecule has 28 heavy (non-hydrogen) atoms. The van der Waals surface area contributed by atoms with Gasteiger partial charge in [0.05, 0.1) is 11.7 Å². The van der Waals surface area contributed by atoms with Crippen molar-refractivity contribution in [3.05, 3.63) is 58.6 Å². The Labute approximate surface area is 176 Å². The first-order chi connectivity index (χ1) is 13.4. The van der Waals surface area contributed by atoms with Crippen LogP contribution in [0.25, 0.3) is 21.5 Å². The summed E-state index contributed by atoms with van der Waals surface area (Å²) >= 11 is 3.85. The smallest absolute Gasteiger partial charge is 0.0896 e. The van der Waals surface area contributed by atoms with Crippen molar-refractivity contribution in [2.24, 2.45) is 23.7 Å². The lowest BCUT2D eigenvalue weighted by atomic mass is 9.80. The van der Waals surface area contributed by atoms with E-state index in [0.717, 1.165) is 22.2 Å². The molecule has 1 nitrogen and oxygen atoms in total. The average molecular weight is 437 g/mol. The van der Waals surface area contributed by atoms with Crippen LogP contribution in [0, 0.1) is 23.7 Å². The molecule has 5 unspecified atom stereocenters. The van der Waals surface area contributed by atoms with E-state index in [4.69, 9.17) is 4.74 Å². The standard InChI is InChI=1S/C26H29BrO/c1-15-16(2)22-13-18(15)14-24(22)28-26(3,4)25-21-10-9-17-7-5-6-8-19(17)20(21)11-12-23(25)27/h5-12,15-16,18,22,24H,13-14H2,1-4H3. The molecule has 0 amide bonds. The predicted octanol–water partition coefficient (Wildman–Crippen LogP) is 7.69. The van der Waals surface area contributed by atoms with Crippen LogP contribution in [0.15, 0.2) is 53.0 Å². The van der Waals surface area contributed by atoms with E-state index >= 15 is 0 Å². The van der Waals surface area contributed by atoms with Gasteiger partial charge < -0.3 is 4.74 Å². The Morgan fingerprint density at radius 3 is 2.36 bits per heavy atom. The Kier molecular flexibility index (Phi) is 4.37. The van der Waals surface area contributed by atoms with Gasteiger partial charge in [0.1, 0.15) is 0 Å². The third-order valence-electron chi connectivity index (χ3n) is 7.76. The van der Waals surface area contributed by atoms with Gasteiger partial charge >= 0.3 is 0 Å². The molecule has 5 atom stereocenters. The molecule has 0 radical (unpaired) electrons. The molecule has 0 N–H and O–H groups in total. The van der Waals surface area contributed by atoms with Crippen LogP contribution in [0.1, 0.15) is 46.1 Å². The molecule has 3 aromatic rings. The molecule has 146 valence electrons. The molecule has 0 spiro atoms. The zero-order valence-corrected chi connectivity index (χ0v) is 18.8. The Hall–Kier alpha value is -1.38. The van der Waals surface area contributed by atoms with E-state index < -0.39 is 0 Å². The highest BCUT2D eigenvalue weighted by atomic mass is 79.9. The van der Waals surface area contributed by atoms with Gasteiger partial charge in [-0.1, -0.05) is 72.2 Å². The van der Waals surface area contributed by atoms with E-state index in [1.54, 1.807) is 0 Å². The van der Waals surface area contributed by atoms with Crippen molar-refractivity contribution in [1.82, 2.24) is 0 Å². The predicted molar refractivity (Wildman–Crippen MR) is 122 cm³/mol. The van der Waals surface area contributed by atoms with Gasteiger partial charge in [-0.05, 0) is 78.0 Å². The zero-order valence-electron chi connectivity index (χ0n) is 17.2. The number of rotatable bonds is 3. The Morgan fingerprint density at radius 1 is 0.857 bits per heavy atom. The number of ether oxygens (including phenoxy) is 1. The lowest BCUT2D eigenvalue weighted by Crippen LogP contribution is -2.36. The first-order valence-electron chi connectivity index (χ1n) is 10.6. The van der Waals surface area contributed by atoms with E-state index in [1.807, 2.05) is 0 Å². The van der Waals surface area contributed by atoms with Crippen LogP contribution in [0.5, 0.6) is 0 Å². The Bertz CT molecular complexity index is 1050. The minimum Gasteiger partial charge on any atom is -0.367 e. The van der Waals surface area contributed by atoms with Crippen molar-refractivity contribution in [3.8, 4) is 0 Å². The molecule has 0 saturated heterocycles. The molecule has 0 aromatic heterocycles. The van der Waals surface area contributed by atoms with Crippen molar-refractivity contribution in [2.45, 2.75) is 52.2 Å². The maximum atomic E-state index is 6.91. The summed E-state index contributed by atoms with van der Waals surface area (Å²) in [5.41, 5.74) is 0.943. The van der Waals surface area contributed by atoms with Gasteiger partial charge in [0.15, 0.2) is 0 Å². The summed E-state index contributed by atoms with van der Waals surface area (Å²) in [5.74, 6) is 3.19. The molecule has 0 heterocycles. The Morgan fingerprint density at radius 2 is 1.61 bits per heavy atom. The van der Waals surface area contributed by atoms with Gasteiger partial charge in [-0.15, -0.1) is 0 Å². The van der Waals surface area contributed by atoms with Crippen LogP contribution < -0.4 is 0 Å². The van der Waals surface area contributed by atoms with E-state index in [9.17, 15) is 0 Å². The topological polar surface area (TPSA) is 9.23 Å². The summed E-state index contributed by atoms with van der Waals surface area (Å²) < 4.78 is 8.05. The van der Waals surface area contributed by atoms with Gasteiger partial charge in [-0.2, -0.15) is 0 Å². The molecule has 2 aliphatic rings. The van der Waals surface area contributed by atoms with E-state index in [2.05, 4.69) is 92.2 Å². The molecule has 3 aromatic carbocycles. The molecule has 2 fully saturated rings. The van der Waals surface area contributed by atoms with Gasteiger partial charge in [0.25, 0.3) is 0 Å². The van der Waals surface area contributed by atoms with E-state index in [0.29, 0.717) is 12.0 Å². The SMILES string of the molecule is CC1C2CC(OC(C)(C)c3c(Br)ccc4c3ccc3ccccc34)C(C2)C1C.